The summed E-state index contributed by atoms with van der Waals surface area (Å²) >= 11 is 0. The summed E-state index contributed by atoms with van der Waals surface area (Å²) in [5.74, 6) is -3.30. The highest BCUT2D eigenvalue weighted by molar-refractivity contribution is 5.95. The van der Waals surface area contributed by atoms with Gasteiger partial charge in [-0.25, -0.2) is 23.2 Å². The zero-order valence-corrected chi connectivity index (χ0v) is 15.3. The van der Waals surface area contributed by atoms with Crippen molar-refractivity contribution in [3.63, 3.8) is 0 Å². The summed E-state index contributed by atoms with van der Waals surface area (Å²) in [6, 6.07) is 7.04. The van der Waals surface area contributed by atoms with E-state index in [1.165, 1.54) is 24.3 Å². The third-order valence-corrected chi connectivity index (χ3v) is 4.01. The van der Waals surface area contributed by atoms with Crippen molar-refractivity contribution in [2.45, 2.75) is 19.9 Å². The molecule has 0 aliphatic heterocycles. The van der Waals surface area contributed by atoms with Crippen molar-refractivity contribution < 1.29 is 23.5 Å². The van der Waals surface area contributed by atoms with Crippen molar-refractivity contribution in [1.29, 1.82) is 0 Å². The molecule has 1 amide bonds. The summed E-state index contributed by atoms with van der Waals surface area (Å²) < 4.78 is 28.6. The number of benzene rings is 2. The number of rotatable bonds is 4. The highest BCUT2D eigenvalue weighted by Crippen LogP contribution is 2.20. The standard InChI is InChI=1S/C18H15F2N5O4/c1-10(2)23(12-6-3-5-11(9-12)16(26)27)17(28)25-18(29)24(21-22-25)15-13(19)7-4-8-14(15)20/h3-10H,1-2H3,(H,26,27). The lowest BCUT2D eigenvalue weighted by atomic mass is 10.1. The molecule has 0 atom stereocenters. The molecule has 0 aliphatic rings. The third-order valence-electron chi connectivity index (χ3n) is 4.01. The quantitative estimate of drug-likeness (QED) is 0.670. The summed E-state index contributed by atoms with van der Waals surface area (Å²) in [6.07, 6.45) is 0. The minimum atomic E-state index is -1.19. The van der Waals surface area contributed by atoms with Crippen LogP contribution in [0.4, 0.5) is 19.3 Å². The van der Waals surface area contributed by atoms with Crippen LogP contribution in [0.5, 0.6) is 0 Å². The summed E-state index contributed by atoms with van der Waals surface area (Å²) in [5.41, 5.74) is -1.81. The maximum atomic E-state index is 14.0. The van der Waals surface area contributed by atoms with Crippen LogP contribution in [0, 0.1) is 11.6 Å². The molecule has 0 unspecified atom stereocenters. The monoisotopic (exact) mass is 403 g/mol. The second kappa shape index (κ2) is 7.62. The van der Waals surface area contributed by atoms with Gasteiger partial charge in [0.15, 0.2) is 11.6 Å². The molecule has 1 heterocycles. The summed E-state index contributed by atoms with van der Waals surface area (Å²) in [6.45, 7) is 3.27. The predicted molar refractivity (Wildman–Crippen MR) is 97.3 cm³/mol. The van der Waals surface area contributed by atoms with Crippen molar-refractivity contribution in [3.8, 4) is 5.69 Å². The van der Waals surface area contributed by atoms with Crippen LogP contribution in [-0.2, 0) is 0 Å². The molecule has 3 aromatic rings. The topological polar surface area (TPSA) is 110 Å². The van der Waals surface area contributed by atoms with Crippen LogP contribution in [0.2, 0.25) is 0 Å². The molecule has 1 N–H and O–H groups in total. The first kappa shape index (κ1) is 19.9. The molecule has 0 spiro atoms. The van der Waals surface area contributed by atoms with Gasteiger partial charge in [0.25, 0.3) is 0 Å². The van der Waals surface area contributed by atoms with E-state index in [2.05, 4.69) is 10.4 Å². The number of hydrogen-bond acceptors (Lipinski definition) is 5. The molecule has 2 aromatic carbocycles. The van der Waals surface area contributed by atoms with E-state index in [1.54, 1.807) is 13.8 Å². The molecule has 0 fully saturated rings. The zero-order chi connectivity index (χ0) is 21.3. The lowest BCUT2D eigenvalue weighted by Gasteiger charge is -2.25. The van der Waals surface area contributed by atoms with Crippen molar-refractivity contribution in [2.24, 2.45) is 0 Å². The molecule has 9 nitrogen and oxygen atoms in total. The number of carbonyl (C=O) groups excluding carboxylic acids is 1. The van der Waals surface area contributed by atoms with E-state index in [0.29, 0.717) is 9.36 Å². The molecule has 29 heavy (non-hydrogen) atoms. The van der Waals surface area contributed by atoms with Crippen LogP contribution in [0.3, 0.4) is 0 Å². The number of halogens is 2. The lowest BCUT2D eigenvalue weighted by Crippen LogP contribution is -2.44. The smallest absolute Gasteiger partial charge is 0.377 e. The Kier molecular flexibility index (Phi) is 5.22. The zero-order valence-electron chi connectivity index (χ0n) is 15.3. The largest absolute Gasteiger partial charge is 0.478 e. The number of aromatic nitrogens is 4. The Morgan fingerprint density at radius 3 is 2.28 bits per heavy atom. The number of anilines is 1. The highest BCUT2D eigenvalue weighted by atomic mass is 19.1. The Labute approximate surface area is 162 Å². The minimum Gasteiger partial charge on any atom is -0.478 e. The maximum absolute atomic E-state index is 14.0. The number of carboxylic acids is 1. The van der Waals surface area contributed by atoms with Crippen LogP contribution in [0.15, 0.2) is 47.3 Å². The van der Waals surface area contributed by atoms with Crippen molar-refractivity contribution >= 4 is 17.7 Å². The predicted octanol–water partition coefficient (Wildman–Crippen LogP) is 2.29. The molecular weight excluding hydrogens is 388 g/mol. The normalized spacial score (nSPS) is 10.9. The van der Waals surface area contributed by atoms with Crippen LogP contribution in [0.25, 0.3) is 5.69 Å². The van der Waals surface area contributed by atoms with Gasteiger partial charge >= 0.3 is 17.7 Å². The van der Waals surface area contributed by atoms with E-state index in [1.807, 2.05) is 0 Å². The fraction of sp³-hybridized carbons (Fsp3) is 0.167. The van der Waals surface area contributed by atoms with Crippen LogP contribution in [0.1, 0.15) is 24.2 Å². The van der Waals surface area contributed by atoms with Crippen molar-refractivity contribution in [2.75, 3.05) is 4.90 Å². The number of para-hydroxylation sites is 1. The van der Waals surface area contributed by atoms with Gasteiger partial charge in [-0.15, -0.1) is 4.68 Å². The molecular formula is C18H15F2N5O4. The van der Waals surface area contributed by atoms with Gasteiger partial charge in [-0.3, -0.25) is 4.90 Å². The first-order valence-corrected chi connectivity index (χ1v) is 8.38. The number of amides is 1. The van der Waals surface area contributed by atoms with E-state index >= 15 is 0 Å². The number of nitrogens with zero attached hydrogens (tertiary/aromatic N) is 5. The van der Waals surface area contributed by atoms with Gasteiger partial charge in [-0.1, -0.05) is 12.1 Å². The van der Waals surface area contributed by atoms with Gasteiger partial charge in [0.2, 0.25) is 0 Å². The molecule has 11 heteroatoms. The van der Waals surface area contributed by atoms with E-state index in [9.17, 15) is 23.2 Å². The molecule has 0 bridgehead atoms. The van der Waals surface area contributed by atoms with Gasteiger partial charge in [0.1, 0.15) is 5.69 Å². The van der Waals surface area contributed by atoms with E-state index in [0.717, 1.165) is 23.1 Å². The van der Waals surface area contributed by atoms with Crippen molar-refractivity contribution in [3.05, 3.63) is 70.1 Å². The highest BCUT2D eigenvalue weighted by Gasteiger charge is 2.27. The van der Waals surface area contributed by atoms with E-state index in [4.69, 9.17) is 5.11 Å². The molecule has 150 valence electrons. The van der Waals surface area contributed by atoms with Gasteiger partial charge in [-0.2, -0.15) is 4.68 Å². The summed E-state index contributed by atoms with van der Waals surface area (Å²) in [5, 5.41) is 16.0. The average molecular weight is 403 g/mol. The Morgan fingerprint density at radius 1 is 1.07 bits per heavy atom. The van der Waals surface area contributed by atoms with Crippen LogP contribution >= 0.6 is 0 Å². The molecule has 0 saturated carbocycles. The Balaban J connectivity index is 2.07. The fourth-order valence-electron chi connectivity index (χ4n) is 2.72. The van der Waals surface area contributed by atoms with Gasteiger partial charge < -0.3 is 5.11 Å². The van der Waals surface area contributed by atoms with Gasteiger partial charge in [0.05, 0.1) is 5.56 Å². The van der Waals surface area contributed by atoms with E-state index < -0.39 is 41.1 Å². The Bertz CT molecular complexity index is 1130. The average Bonchev–Trinajstić information content (AvgIpc) is 3.03. The van der Waals surface area contributed by atoms with Crippen molar-refractivity contribution in [1.82, 2.24) is 19.8 Å². The van der Waals surface area contributed by atoms with Crippen LogP contribution in [-0.4, -0.2) is 42.9 Å². The first-order valence-electron chi connectivity index (χ1n) is 8.38. The molecule has 0 saturated heterocycles. The summed E-state index contributed by atoms with van der Waals surface area (Å²) in [4.78, 5) is 37.8. The fourth-order valence-corrected chi connectivity index (χ4v) is 2.72. The number of tetrazole rings is 1. The van der Waals surface area contributed by atoms with Gasteiger partial charge in [-0.05, 0) is 54.6 Å². The Morgan fingerprint density at radius 2 is 1.69 bits per heavy atom. The molecule has 3 rings (SSSR count). The lowest BCUT2D eigenvalue weighted by molar-refractivity contribution is 0.0697. The molecule has 1 aromatic heterocycles. The number of aromatic carboxylic acids is 1. The summed E-state index contributed by atoms with van der Waals surface area (Å²) in [7, 11) is 0. The second-order valence-electron chi connectivity index (χ2n) is 6.26. The first-order chi connectivity index (χ1) is 13.7. The van der Waals surface area contributed by atoms with Crippen LogP contribution < -0.4 is 10.6 Å². The maximum Gasteiger partial charge on any atom is 0.377 e. The third kappa shape index (κ3) is 3.61. The number of hydrogen-bond donors (Lipinski definition) is 1. The SMILES string of the molecule is CC(C)N(C(=O)n1nnn(-c2c(F)cccc2F)c1=O)c1cccc(C(=O)O)c1. The molecule has 0 radical (unpaired) electrons. The number of carboxylic acid groups (broad SMARTS) is 1. The van der Waals surface area contributed by atoms with E-state index in [-0.39, 0.29) is 11.3 Å². The second-order valence-corrected chi connectivity index (χ2v) is 6.26. The Hall–Kier alpha value is -3.89. The minimum absolute atomic E-state index is 0.0645. The van der Waals surface area contributed by atoms with Gasteiger partial charge in [0, 0.05) is 11.7 Å². The number of carbonyl (C=O) groups is 2. The molecule has 0 aliphatic carbocycles.